The first-order valence-corrected chi connectivity index (χ1v) is 13.5. The molecule has 0 radical (unpaired) electrons. The molecule has 4 N–H and O–H groups in total. The van der Waals surface area contributed by atoms with E-state index in [9.17, 15) is 9.90 Å². The van der Waals surface area contributed by atoms with Crippen molar-refractivity contribution >= 4 is 57.1 Å². The van der Waals surface area contributed by atoms with Crippen molar-refractivity contribution in [1.29, 1.82) is 0 Å². The van der Waals surface area contributed by atoms with Gasteiger partial charge in [0.15, 0.2) is 11.5 Å². The molecule has 0 amide bonds. The van der Waals surface area contributed by atoms with Crippen molar-refractivity contribution in [3.05, 3.63) is 70.5 Å². The summed E-state index contributed by atoms with van der Waals surface area (Å²) in [6.45, 7) is 1.73. The second-order valence-corrected chi connectivity index (χ2v) is 10.9. The lowest BCUT2D eigenvalue weighted by molar-refractivity contribution is 0.0968. The molecule has 7 nitrogen and oxygen atoms in total. The Morgan fingerprint density at radius 2 is 1.71 bits per heavy atom. The van der Waals surface area contributed by atoms with Crippen LogP contribution in [0.1, 0.15) is 36.0 Å². The first-order chi connectivity index (χ1) is 18.4. The number of nitrogens with zero attached hydrogens (tertiary/aromatic N) is 3. The van der Waals surface area contributed by atoms with E-state index in [0.717, 1.165) is 72.3 Å². The molecule has 1 aliphatic carbocycles. The molecule has 0 unspecified atom stereocenters. The fraction of sp³-hybridized carbons (Fsp3) is 0.276. The number of hydrogen-bond donors (Lipinski definition) is 3. The van der Waals surface area contributed by atoms with Gasteiger partial charge in [-0.05, 0) is 67.1 Å². The molecular formula is C29H27Cl2N5O2. The van der Waals surface area contributed by atoms with Crippen LogP contribution in [0, 0.1) is 5.92 Å². The number of carbonyl (C=O) groups excluding carboxylic acids is 1. The van der Waals surface area contributed by atoms with E-state index in [1.807, 2.05) is 30.3 Å². The Hall–Kier alpha value is -3.39. The van der Waals surface area contributed by atoms with E-state index in [4.69, 9.17) is 28.9 Å². The third-order valence-electron chi connectivity index (χ3n) is 7.31. The van der Waals surface area contributed by atoms with Gasteiger partial charge in [-0.2, -0.15) is 0 Å². The second-order valence-electron chi connectivity index (χ2n) is 10.1. The number of hydrogen-bond acceptors (Lipinski definition) is 7. The van der Waals surface area contributed by atoms with Crippen LogP contribution in [0.3, 0.4) is 0 Å². The highest BCUT2D eigenvalue weighted by Gasteiger charge is 2.32. The highest BCUT2D eigenvalue weighted by Crippen LogP contribution is 2.40. The van der Waals surface area contributed by atoms with Crippen molar-refractivity contribution in [2.24, 2.45) is 11.7 Å². The van der Waals surface area contributed by atoms with E-state index < -0.39 is 0 Å². The molecule has 1 saturated carbocycles. The second kappa shape index (κ2) is 10.1. The predicted octanol–water partition coefficient (Wildman–Crippen LogP) is 6.57. The van der Waals surface area contributed by atoms with Crippen molar-refractivity contribution in [3.8, 4) is 16.9 Å². The van der Waals surface area contributed by atoms with Gasteiger partial charge in [0, 0.05) is 54.6 Å². The number of aromatic nitrogens is 2. The lowest BCUT2D eigenvalue weighted by Gasteiger charge is -2.31. The van der Waals surface area contributed by atoms with Gasteiger partial charge in [0.25, 0.3) is 0 Å². The summed E-state index contributed by atoms with van der Waals surface area (Å²) < 4.78 is 0. The first-order valence-electron chi connectivity index (χ1n) is 12.8. The number of piperidine rings is 1. The average Bonchev–Trinajstić information content (AvgIpc) is 3.77. The molecule has 194 valence electrons. The zero-order valence-electron chi connectivity index (χ0n) is 20.6. The number of rotatable bonds is 6. The first kappa shape index (κ1) is 24.9. The summed E-state index contributed by atoms with van der Waals surface area (Å²) in [4.78, 5) is 24.8. The molecule has 38 heavy (non-hydrogen) atoms. The van der Waals surface area contributed by atoms with Crippen LogP contribution in [0.4, 0.5) is 17.2 Å². The maximum atomic E-state index is 13.3. The summed E-state index contributed by atoms with van der Waals surface area (Å²) in [5.41, 5.74) is 10.5. The molecule has 1 saturated heterocycles. The molecule has 4 aromatic rings. The highest BCUT2D eigenvalue weighted by atomic mass is 35.5. The zero-order valence-corrected chi connectivity index (χ0v) is 22.1. The minimum Gasteiger partial charge on any atom is -0.505 e. The molecule has 2 aliphatic rings. The molecule has 0 bridgehead atoms. The number of fused-ring (bicyclic) bond motifs is 1. The number of benzene rings is 2. The average molecular weight is 548 g/mol. The molecule has 0 spiro atoms. The van der Waals surface area contributed by atoms with Crippen LogP contribution in [0.15, 0.2) is 54.9 Å². The Labute approximate surface area is 230 Å². The van der Waals surface area contributed by atoms with Crippen molar-refractivity contribution in [2.75, 3.05) is 23.3 Å². The van der Waals surface area contributed by atoms with Crippen LogP contribution < -0.4 is 16.0 Å². The third kappa shape index (κ3) is 4.89. The normalized spacial score (nSPS) is 16.1. The van der Waals surface area contributed by atoms with Crippen molar-refractivity contribution in [2.45, 2.75) is 31.7 Å². The van der Waals surface area contributed by atoms with Gasteiger partial charge in [-0.3, -0.25) is 9.78 Å². The monoisotopic (exact) mass is 547 g/mol. The summed E-state index contributed by atoms with van der Waals surface area (Å²) in [7, 11) is 0. The number of carbonyl (C=O) groups is 1. The summed E-state index contributed by atoms with van der Waals surface area (Å²) in [6, 6.07) is 13.3. The topological polar surface area (TPSA) is 104 Å². The van der Waals surface area contributed by atoms with Gasteiger partial charge >= 0.3 is 0 Å². The number of aromatic hydroxyl groups is 1. The molecule has 2 fully saturated rings. The summed E-state index contributed by atoms with van der Waals surface area (Å²) in [6.07, 6.45) is 7.12. The van der Waals surface area contributed by atoms with E-state index in [2.05, 4.69) is 20.2 Å². The van der Waals surface area contributed by atoms with Gasteiger partial charge in [-0.15, -0.1) is 0 Å². The number of nitrogens with two attached hydrogens (primary N) is 1. The molecule has 1 aliphatic heterocycles. The lowest BCUT2D eigenvalue weighted by Crippen LogP contribution is -2.40. The number of anilines is 3. The standard InChI is InChI=1S/C29H27Cl2N5O2/c30-23-12-18(13-24(31)29(23)38)17-3-4-25-21(11-17)27(22(15-34-25)28(37)16-1-2-16)35-20-5-8-33-26(14-20)36-9-6-19(32)7-10-36/h3-5,8,11-16,19,38H,1-2,6-7,9-10,32H2,(H,33,34,35). The maximum Gasteiger partial charge on any atom is 0.169 e. The summed E-state index contributed by atoms with van der Waals surface area (Å²) in [5, 5.41) is 14.7. The van der Waals surface area contributed by atoms with Crippen LogP contribution in [-0.4, -0.2) is 40.0 Å². The number of ketones is 1. The Morgan fingerprint density at radius 3 is 2.42 bits per heavy atom. The summed E-state index contributed by atoms with van der Waals surface area (Å²) in [5.74, 6) is 0.869. The minimum absolute atomic E-state index is 0.0400. The predicted molar refractivity (Wildman–Crippen MR) is 153 cm³/mol. The lowest BCUT2D eigenvalue weighted by atomic mass is 9.99. The van der Waals surface area contributed by atoms with Crippen LogP contribution in [0.2, 0.25) is 10.0 Å². The van der Waals surface area contributed by atoms with E-state index in [0.29, 0.717) is 11.3 Å². The number of phenols is 1. The molecule has 0 atom stereocenters. The Kier molecular flexibility index (Phi) is 6.60. The largest absolute Gasteiger partial charge is 0.505 e. The SMILES string of the molecule is NC1CCN(c2cc(Nc3c(C(=O)C4CC4)cnc4ccc(-c5cc(Cl)c(O)c(Cl)c5)cc34)ccn2)CC1. The van der Waals surface area contributed by atoms with Gasteiger partial charge in [0.2, 0.25) is 0 Å². The fourth-order valence-corrected chi connectivity index (χ4v) is 5.42. The summed E-state index contributed by atoms with van der Waals surface area (Å²) >= 11 is 12.4. The Balaban J connectivity index is 1.44. The van der Waals surface area contributed by atoms with Gasteiger partial charge in [-0.1, -0.05) is 29.3 Å². The highest BCUT2D eigenvalue weighted by molar-refractivity contribution is 6.37. The molecule has 3 heterocycles. The van der Waals surface area contributed by atoms with Crippen molar-refractivity contribution in [1.82, 2.24) is 9.97 Å². The Morgan fingerprint density at radius 1 is 0.974 bits per heavy atom. The van der Waals surface area contributed by atoms with Gasteiger partial charge in [0.1, 0.15) is 5.82 Å². The molecular weight excluding hydrogens is 521 g/mol. The number of halogens is 2. The third-order valence-corrected chi connectivity index (χ3v) is 7.89. The van der Waals surface area contributed by atoms with Crippen LogP contribution in [0.25, 0.3) is 22.0 Å². The number of nitrogens with one attached hydrogen (secondary N) is 1. The van der Waals surface area contributed by atoms with Gasteiger partial charge in [-0.25, -0.2) is 4.98 Å². The van der Waals surface area contributed by atoms with Crippen molar-refractivity contribution < 1.29 is 9.90 Å². The zero-order chi connectivity index (χ0) is 26.4. The van der Waals surface area contributed by atoms with E-state index in [-0.39, 0.29) is 33.5 Å². The fourth-order valence-electron chi connectivity index (χ4n) is 4.93. The quantitative estimate of drug-likeness (QED) is 0.234. The van der Waals surface area contributed by atoms with E-state index >= 15 is 0 Å². The maximum absolute atomic E-state index is 13.3. The molecule has 2 aromatic carbocycles. The Bertz CT molecular complexity index is 1520. The molecule has 6 rings (SSSR count). The number of pyridine rings is 2. The van der Waals surface area contributed by atoms with Gasteiger partial charge < -0.3 is 21.1 Å². The molecule has 9 heteroatoms. The van der Waals surface area contributed by atoms with Crippen LogP contribution in [-0.2, 0) is 0 Å². The minimum atomic E-state index is -0.150. The smallest absolute Gasteiger partial charge is 0.169 e. The van der Waals surface area contributed by atoms with E-state index in [1.54, 1.807) is 24.5 Å². The van der Waals surface area contributed by atoms with Crippen molar-refractivity contribution in [3.63, 3.8) is 0 Å². The molecule has 2 aromatic heterocycles. The number of phenolic OH excluding ortho intramolecular Hbond substituents is 1. The van der Waals surface area contributed by atoms with Crippen LogP contribution in [0.5, 0.6) is 5.75 Å². The van der Waals surface area contributed by atoms with Gasteiger partial charge in [0.05, 0.1) is 26.8 Å². The van der Waals surface area contributed by atoms with E-state index in [1.165, 1.54) is 0 Å². The number of Topliss-reactive ketones (excluding diaryl/α,β-unsaturated/α-hetero) is 1. The van der Waals surface area contributed by atoms with Crippen LogP contribution >= 0.6 is 23.2 Å².